The Morgan fingerprint density at radius 3 is 2.75 bits per heavy atom. The van der Waals surface area contributed by atoms with Crippen LogP contribution in [-0.4, -0.2) is 22.1 Å². The lowest BCUT2D eigenvalue weighted by Crippen LogP contribution is -2.30. The lowest BCUT2D eigenvalue weighted by atomic mass is 9.99. The van der Waals surface area contributed by atoms with E-state index in [4.69, 9.17) is 10.5 Å². The van der Waals surface area contributed by atoms with E-state index in [2.05, 4.69) is 11.6 Å². The maximum atomic E-state index is 12.4. The number of methoxy groups -OCH3 is 1. The number of hydrogen-bond donors (Lipinski definition) is 2. The Balaban J connectivity index is 2.14. The molecule has 0 radical (unpaired) electrons. The van der Waals surface area contributed by atoms with Crippen LogP contribution in [0.15, 0.2) is 23.1 Å². The van der Waals surface area contributed by atoms with Crippen molar-refractivity contribution in [1.82, 2.24) is 4.72 Å². The number of nitrogen functional groups attached to an aromatic ring is 1. The monoisotopic (exact) mass is 298 g/mol. The summed E-state index contributed by atoms with van der Waals surface area (Å²) < 4.78 is 32.5. The highest BCUT2D eigenvalue weighted by atomic mass is 32.2. The highest BCUT2D eigenvalue weighted by molar-refractivity contribution is 7.89. The van der Waals surface area contributed by atoms with Crippen molar-refractivity contribution in [2.24, 2.45) is 11.8 Å². The number of rotatable bonds is 5. The minimum absolute atomic E-state index is 0.139. The molecule has 1 aromatic rings. The zero-order valence-corrected chi connectivity index (χ0v) is 12.7. The highest BCUT2D eigenvalue weighted by Gasteiger charge is 2.26. The van der Waals surface area contributed by atoms with Gasteiger partial charge in [0.2, 0.25) is 10.0 Å². The fraction of sp³-hybridized carbons (Fsp3) is 0.571. The van der Waals surface area contributed by atoms with Gasteiger partial charge in [-0.25, -0.2) is 13.1 Å². The van der Waals surface area contributed by atoms with Gasteiger partial charge in [0, 0.05) is 18.3 Å². The average Bonchev–Trinajstić information content (AvgIpc) is 2.81. The second-order valence-electron chi connectivity index (χ2n) is 5.43. The summed E-state index contributed by atoms with van der Waals surface area (Å²) in [6.45, 7) is 2.66. The normalized spacial score (nSPS) is 22.9. The second kappa shape index (κ2) is 6.01. The molecule has 0 amide bonds. The Morgan fingerprint density at radius 2 is 2.15 bits per heavy atom. The predicted octanol–water partition coefficient (Wildman–Crippen LogP) is 1.99. The van der Waals surface area contributed by atoms with Crippen molar-refractivity contribution >= 4 is 15.7 Å². The molecule has 2 atom stereocenters. The first-order chi connectivity index (χ1) is 9.44. The molecule has 6 heteroatoms. The molecule has 0 bridgehead atoms. The SMILES string of the molecule is COc1cc(N)ccc1S(=O)(=O)NCC1CCCC1C. The van der Waals surface area contributed by atoms with Crippen molar-refractivity contribution < 1.29 is 13.2 Å². The summed E-state index contributed by atoms with van der Waals surface area (Å²) in [4.78, 5) is 0.139. The van der Waals surface area contributed by atoms with Gasteiger partial charge in [-0.3, -0.25) is 0 Å². The van der Waals surface area contributed by atoms with Gasteiger partial charge < -0.3 is 10.5 Å². The van der Waals surface area contributed by atoms with Crippen LogP contribution >= 0.6 is 0 Å². The van der Waals surface area contributed by atoms with Gasteiger partial charge in [0.15, 0.2) is 0 Å². The fourth-order valence-electron chi connectivity index (χ4n) is 2.73. The van der Waals surface area contributed by atoms with Crippen molar-refractivity contribution in [3.8, 4) is 5.75 Å². The van der Waals surface area contributed by atoms with E-state index in [0.29, 0.717) is 24.1 Å². The van der Waals surface area contributed by atoms with Gasteiger partial charge in [-0.05, 0) is 30.4 Å². The van der Waals surface area contributed by atoms with Crippen molar-refractivity contribution in [3.05, 3.63) is 18.2 Å². The van der Waals surface area contributed by atoms with Crippen LogP contribution in [0.1, 0.15) is 26.2 Å². The maximum absolute atomic E-state index is 12.4. The van der Waals surface area contributed by atoms with Gasteiger partial charge >= 0.3 is 0 Å². The maximum Gasteiger partial charge on any atom is 0.244 e. The molecule has 0 aromatic heterocycles. The number of anilines is 1. The molecule has 0 saturated heterocycles. The van der Waals surface area contributed by atoms with Crippen LogP contribution in [0.3, 0.4) is 0 Å². The number of benzene rings is 1. The Morgan fingerprint density at radius 1 is 1.40 bits per heavy atom. The third-order valence-electron chi connectivity index (χ3n) is 4.05. The van der Waals surface area contributed by atoms with Crippen molar-refractivity contribution in [3.63, 3.8) is 0 Å². The van der Waals surface area contributed by atoms with Gasteiger partial charge in [-0.15, -0.1) is 0 Å². The summed E-state index contributed by atoms with van der Waals surface area (Å²) in [5, 5.41) is 0. The van der Waals surface area contributed by atoms with E-state index < -0.39 is 10.0 Å². The summed E-state index contributed by atoms with van der Waals surface area (Å²) in [7, 11) is -2.12. The Hall–Kier alpha value is -1.27. The van der Waals surface area contributed by atoms with Gasteiger partial charge in [0.25, 0.3) is 0 Å². The van der Waals surface area contributed by atoms with Gasteiger partial charge in [-0.1, -0.05) is 19.8 Å². The largest absolute Gasteiger partial charge is 0.495 e. The molecule has 2 rings (SSSR count). The summed E-state index contributed by atoms with van der Waals surface area (Å²) in [6.07, 6.45) is 3.44. The fourth-order valence-corrected chi connectivity index (χ4v) is 3.97. The van der Waals surface area contributed by atoms with Crippen LogP contribution in [0, 0.1) is 11.8 Å². The van der Waals surface area contributed by atoms with Crippen LogP contribution < -0.4 is 15.2 Å². The molecule has 5 nitrogen and oxygen atoms in total. The zero-order chi connectivity index (χ0) is 14.8. The Labute approximate surface area is 120 Å². The Bertz CT molecular complexity index is 572. The first kappa shape index (κ1) is 15.1. The molecule has 0 spiro atoms. The summed E-state index contributed by atoms with van der Waals surface area (Å²) in [6, 6.07) is 4.57. The average molecular weight is 298 g/mol. The molecule has 1 saturated carbocycles. The predicted molar refractivity (Wildman–Crippen MR) is 79.1 cm³/mol. The summed E-state index contributed by atoms with van der Waals surface area (Å²) in [5.74, 6) is 1.27. The molecule has 1 aliphatic carbocycles. The third kappa shape index (κ3) is 3.24. The van der Waals surface area contributed by atoms with Crippen molar-refractivity contribution in [2.75, 3.05) is 19.4 Å². The summed E-state index contributed by atoms with van der Waals surface area (Å²) >= 11 is 0. The molecular weight excluding hydrogens is 276 g/mol. The van der Waals surface area contributed by atoms with Crippen LogP contribution in [0.5, 0.6) is 5.75 Å². The molecule has 1 fully saturated rings. The number of sulfonamides is 1. The molecule has 3 N–H and O–H groups in total. The lowest BCUT2D eigenvalue weighted by molar-refractivity contribution is 0.399. The summed E-state index contributed by atoms with van der Waals surface area (Å²) in [5.41, 5.74) is 6.12. The van der Waals surface area contributed by atoms with Gasteiger partial charge in [0.05, 0.1) is 7.11 Å². The van der Waals surface area contributed by atoms with Crippen LogP contribution in [0.2, 0.25) is 0 Å². The van der Waals surface area contributed by atoms with E-state index in [9.17, 15) is 8.42 Å². The highest BCUT2D eigenvalue weighted by Crippen LogP contribution is 2.31. The van der Waals surface area contributed by atoms with Crippen molar-refractivity contribution in [2.45, 2.75) is 31.1 Å². The van der Waals surface area contributed by atoms with Gasteiger partial charge in [0.1, 0.15) is 10.6 Å². The molecule has 0 heterocycles. The second-order valence-corrected chi connectivity index (χ2v) is 7.17. The lowest BCUT2D eigenvalue weighted by Gasteiger charge is -2.17. The molecule has 112 valence electrons. The van der Waals surface area contributed by atoms with Gasteiger partial charge in [-0.2, -0.15) is 0 Å². The quantitative estimate of drug-likeness (QED) is 0.815. The zero-order valence-electron chi connectivity index (χ0n) is 11.9. The number of hydrogen-bond acceptors (Lipinski definition) is 4. The van der Waals surface area contributed by atoms with E-state index in [0.717, 1.165) is 6.42 Å². The number of nitrogens with two attached hydrogens (primary N) is 1. The third-order valence-corrected chi connectivity index (χ3v) is 5.51. The minimum Gasteiger partial charge on any atom is -0.495 e. The number of nitrogens with one attached hydrogen (secondary N) is 1. The molecule has 0 aliphatic heterocycles. The molecule has 1 aromatic carbocycles. The van der Waals surface area contributed by atoms with E-state index >= 15 is 0 Å². The first-order valence-corrected chi connectivity index (χ1v) is 8.35. The minimum atomic E-state index is -3.56. The van der Waals surface area contributed by atoms with E-state index in [-0.39, 0.29) is 10.6 Å². The van der Waals surface area contributed by atoms with Crippen LogP contribution in [0.25, 0.3) is 0 Å². The standard InChI is InChI=1S/C14H22N2O3S/c1-10-4-3-5-11(10)9-16-20(17,18)14-7-6-12(15)8-13(14)19-2/h6-8,10-11,16H,3-5,9,15H2,1-2H3. The van der Waals surface area contributed by atoms with E-state index in [1.54, 1.807) is 6.07 Å². The smallest absolute Gasteiger partial charge is 0.244 e. The van der Waals surface area contributed by atoms with E-state index in [1.807, 2.05) is 0 Å². The molecule has 2 unspecified atom stereocenters. The first-order valence-electron chi connectivity index (χ1n) is 6.87. The van der Waals surface area contributed by atoms with Crippen LogP contribution in [-0.2, 0) is 10.0 Å². The molecule has 20 heavy (non-hydrogen) atoms. The molecule has 1 aliphatic rings. The Kier molecular flexibility index (Phi) is 4.55. The van der Waals surface area contributed by atoms with E-state index in [1.165, 1.54) is 32.1 Å². The topological polar surface area (TPSA) is 81.4 Å². The molecular formula is C14H22N2O3S. The van der Waals surface area contributed by atoms with Crippen LogP contribution in [0.4, 0.5) is 5.69 Å². The van der Waals surface area contributed by atoms with Crippen molar-refractivity contribution in [1.29, 1.82) is 0 Å². The number of ether oxygens (including phenoxy) is 1.